The second kappa shape index (κ2) is 8.92. The highest BCUT2D eigenvalue weighted by Crippen LogP contribution is 2.27. The van der Waals surface area contributed by atoms with Gasteiger partial charge < -0.3 is 9.73 Å². The Bertz CT molecular complexity index is 1040. The summed E-state index contributed by atoms with van der Waals surface area (Å²) in [6.45, 7) is 2.64. The molecule has 0 aliphatic carbocycles. The van der Waals surface area contributed by atoms with E-state index in [1.54, 1.807) is 17.6 Å². The largest absolute Gasteiger partial charge is 0.469 e. The maximum absolute atomic E-state index is 13.0. The molecule has 6 heteroatoms. The van der Waals surface area contributed by atoms with E-state index in [1.165, 1.54) is 0 Å². The molecule has 0 aliphatic heterocycles. The number of aromatic nitrogens is 2. The van der Waals surface area contributed by atoms with E-state index in [1.807, 2.05) is 65.6 Å². The second-order valence-corrected chi connectivity index (χ2v) is 7.99. The van der Waals surface area contributed by atoms with Crippen LogP contribution < -0.4 is 5.32 Å². The Morgan fingerprint density at radius 1 is 1.17 bits per heavy atom. The number of hydrogen-bond acceptors (Lipinski definition) is 4. The van der Waals surface area contributed by atoms with Crippen molar-refractivity contribution in [2.45, 2.75) is 32.4 Å². The summed E-state index contributed by atoms with van der Waals surface area (Å²) in [5, 5.41) is 9.82. The van der Waals surface area contributed by atoms with Crippen molar-refractivity contribution in [2.75, 3.05) is 0 Å². The molecule has 4 aromatic rings. The first kappa shape index (κ1) is 19.2. The number of amides is 1. The number of nitrogens with zero attached hydrogens (tertiary/aromatic N) is 2. The fraction of sp³-hybridized carbons (Fsp3) is 0.217. The summed E-state index contributed by atoms with van der Waals surface area (Å²) in [5.41, 5.74) is 2.48. The third-order valence-corrected chi connectivity index (χ3v) is 5.61. The van der Waals surface area contributed by atoms with Crippen LogP contribution in [-0.4, -0.2) is 21.7 Å². The first-order valence-electron chi connectivity index (χ1n) is 9.67. The molecule has 0 saturated carbocycles. The van der Waals surface area contributed by atoms with Crippen molar-refractivity contribution in [3.8, 4) is 10.6 Å². The number of aryl methyl sites for hydroxylation is 1. The van der Waals surface area contributed by atoms with Gasteiger partial charge in [0.05, 0.1) is 23.2 Å². The zero-order chi connectivity index (χ0) is 20.1. The molecule has 5 nitrogen and oxygen atoms in total. The summed E-state index contributed by atoms with van der Waals surface area (Å²) in [7, 11) is 0. The van der Waals surface area contributed by atoms with Crippen molar-refractivity contribution in [1.82, 2.24) is 15.1 Å². The van der Waals surface area contributed by atoms with Gasteiger partial charge in [0.25, 0.3) is 5.91 Å². The van der Waals surface area contributed by atoms with Crippen LogP contribution in [0, 0.1) is 0 Å². The molecule has 0 bridgehead atoms. The number of hydrogen-bond donors (Lipinski definition) is 1. The van der Waals surface area contributed by atoms with Crippen LogP contribution in [0.15, 0.2) is 76.9 Å². The van der Waals surface area contributed by atoms with Crippen LogP contribution in [0.3, 0.4) is 0 Å². The molecular formula is C23H23N3O2S. The Kier molecular flexibility index (Phi) is 5.91. The number of benzene rings is 1. The first-order valence-corrected chi connectivity index (χ1v) is 10.6. The number of carbonyl (C=O) groups excluding carboxylic acids is 1. The highest BCUT2D eigenvalue weighted by atomic mass is 32.1. The van der Waals surface area contributed by atoms with Gasteiger partial charge in [0.1, 0.15) is 11.5 Å². The average Bonchev–Trinajstić information content (AvgIpc) is 3.48. The highest BCUT2D eigenvalue weighted by Gasteiger charge is 2.20. The highest BCUT2D eigenvalue weighted by molar-refractivity contribution is 7.13. The first-order chi connectivity index (χ1) is 14.2. The van der Waals surface area contributed by atoms with Gasteiger partial charge in [-0.2, -0.15) is 5.10 Å². The lowest BCUT2D eigenvalue weighted by atomic mass is 10.1. The van der Waals surface area contributed by atoms with Gasteiger partial charge in [-0.3, -0.25) is 9.48 Å². The quantitative estimate of drug-likeness (QED) is 0.449. The predicted octanol–water partition coefficient (Wildman–Crippen LogP) is 5.00. The number of thiophene rings is 1. The summed E-state index contributed by atoms with van der Waals surface area (Å²) in [5.74, 6) is 0.834. The standard InChI is InChI=1S/C23H23N3O2S/c1-17(11-12-19-9-5-13-28-19)24-23(27)20-16-26(15-18-7-3-2-4-8-18)25-22(20)21-10-6-14-29-21/h2-10,13-14,16-17H,11-12,15H2,1H3,(H,24,27). The van der Waals surface area contributed by atoms with Gasteiger partial charge in [-0.1, -0.05) is 36.4 Å². The summed E-state index contributed by atoms with van der Waals surface area (Å²) >= 11 is 1.59. The van der Waals surface area contributed by atoms with Crippen molar-refractivity contribution in [2.24, 2.45) is 0 Å². The smallest absolute Gasteiger partial charge is 0.255 e. The molecule has 1 unspecified atom stereocenters. The summed E-state index contributed by atoms with van der Waals surface area (Å²) < 4.78 is 7.22. The lowest BCUT2D eigenvalue weighted by molar-refractivity contribution is 0.0938. The predicted molar refractivity (Wildman–Crippen MR) is 115 cm³/mol. The van der Waals surface area contributed by atoms with Crippen LogP contribution in [0.5, 0.6) is 0 Å². The third kappa shape index (κ3) is 4.84. The van der Waals surface area contributed by atoms with Crippen molar-refractivity contribution in [3.05, 3.63) is 89.3 Å². The maximum atomic E-state index is 13.0. The SMILES string of the molecule is CC(CCc1ccco1)NC(=O)c1cn(Cc2ccccc2)nc1-c1cccs1. The Morgan fingerprint density at radius 3 is 2.76 bits per heavy atom. The molecule has 1 amide bonds. The molecule has 0 spiro atoms. The number of carbonyl (C=O) groups is 1. The van der Waals surface area contributed by atoms with Gasteiger partial charge in [0.2, 0.25) is 0 Å². The summed E-state index contributed by atoms with van der Waals surface area (Å²) in [6, 6.07) is 18.0. The molecule has 3 heterocycles. The van der Waals surface area contributed by atoms with Crippen LogP contribution in [0.25, 0.3) is 10.6 Å². The number of furan rings is 1. The van der Waals surface area contributed by atoms with E-state index in [9.17, 15) is 4.79 Å². The van der Waals surface area contributed by atoms with E-state index in [4.69, 9.17) is 9.52 Å². The van der Waals surface area contributed by atoms with Gasteiger partial charge >= 0.3 is 0 Å². The van der Waals surface area contributed by atoms with Gasteiger partial charge in [0, 0.05) is 18.7 Å². The van der Waals surface area contributed by atoms with Crippen molar-refractivity contribution in [1.29, 1.82) is 0 Å². The maximum Gasteiger partial charge on any atom is 0.255 e. The summed E-state index contributed by atoms with van der Waals surface area (Å²) in [4.78, 5) is 14.0. The average molecular weight is 406 g/mol. The molecule has 0 saturated heterocycles. The molecule has 4 rings (SSSR count). The molecule has 29 heavy (non-hydrogen) atoms. The van der Waals surface area contributed by atoms with Crippen LogP contribution in [-0.2, 0) is 13.0 Å². The van der Waals surface area contributed by atoms with Gasteiger partial charge in [-0.25, -0.2) is 0 Å². The molecule has 1 N–H and O–H groups in total. The minimum Gasteiger partial charge on any atom is -0.469 e. The van der Waals surface area contributed by atoms with E-state index in [0.717, 1.165) is 34.7 Å². The van der Waals surface area contributed by atoms with E-state index >= 15 is 0 Å². The van der Waals surface area contributed by atoms with Crippen LogP contribution >= 0.6 is 11.3 Å². The second-order valence-electron chi connectivity index (χ2n) is 7.04. The van der Waals surface area contributed by atoms with Crippen LogP contribution in [0.2, 0.25) is 0 Å². The van der Waals surface area contributed by atoms with E-state index in [-0.39, 0.29) is 11.9 Å². The Labute approximate surface area is 174 Å². The molecule has 0 fully saturated rings. The Hall–Kier alpha value is -3.12. The van der Waals surface area contributed by atoms with Crippen molar-refractivity contribution in [3.63, 3.8) is 0 Å². The fourth-order valence-corrected chi connectivity index (χ4v) is 3.94. The van der Waals surface area contributed by atoms with Crippen molar-refractivity contribution >= 4 is 17.2 Å². The lowest BCUT2D eigenvalue weighted by Gasteiger charge is -2.13. The van der Waals surface area contributed by atoms with Gasteiger partial charge in [0.15, 0.2) is 0 Å². The molecule has 3 aromatic heterocycles. The number of nitrogens with one attached hydrogen (secondary N) is 1. The monoisotopic (exact) mass is 405 g/mol. The normalized spacial score (nSPS) is 12.0. The summed E-state index contributed by atoms with van der Waals surface area (Å²) in [6.07, 6.45) is 5.12. The molecule has 0 aliphatic rings. The number of rotatable bonds is 8. The molecule has 0 radical (unpaired) electrons. The molecular weight excluding hydrogens is 382 g/mol. The van der Waals surface area contributed by atoms with Crippen LogP contribution in [0.4, 0.5) is 0 Å². The Balaban J connectivity index is 1.50. The van der Waals surface area contributed by atoms with Crippen LogP contribution in [0.1, 0.15) is 35.0 Å². The molecule has 1 atom stereocenters. The van der Waals surface area contributed by atoms with E-state index in [0.29, 0.717) is 12.1 Å². The minimum absolute atomic E-state index is 0.0289. The Morgan fingerprint density at radius 2 is 2.03 bits per heavy atom. The molecule has 148 valence electrons. The topological polar surface area (TPSA) is 60.1 Å². The fourth-order valence-electron chi connectivity index (χ4n) is 3.22. The minimum atomic E-state index is -0.0975. The van der Waals surface area contributed by atoms with Gasteiger partial charge in [-0.15, -0.1) is 11.3 Å². The van der Waals surface area contributed by atoms with Gasteiger partial charge in [-0.05, 0) is 42.5 Å². The van der Waals surface area contributed by atoms with Crippen molar-refractivity contribution < 1.29 is 9.21 Å². The zero-order valence-electron chi connectivity index (χ0n) is 16.2. The zero-order valence-corrected chi connectivity index (χ0v) is 17.1. The lowest BCUT2D eigenvalue weighted by Crippen LogP contribution is -2.33. The third-order valence-electron chi connectivity index (χ3n) is 4.73. The van der Waals surface area contributed by atoms with E-state index < -0.39 is 0 Å². The van der Waals surface area contributed by atoms with E-state index in [2.05, 4.69) is 17.4 Å². The molecule has 1 aromatic carbocycles.